The third-order valence-electron chi connectivity index (χ3n) is 3.62. The normalized spacial score (nSPS) is 16.2. The number of rotatable bonds is 4. The van der Waals surface area contributed by atoms with Gasteiger partial charge in [0.15, 0.2) is 5.76 Å². The summed E-state index contributed by atoms with van der Waals surface area (Å²) in [5, 5.41) is 12.8. The molecule has 0 aromatic carbocycles. The number of hydrogen-bond acceptors (Lipinski definition) is 4. The molecular formula is C14H18N4O2. The molecule has 1 amide bonds. The topological polar surface area (TPSA) is 83.0 Å². The Kier molecular flexibility index (Phi) is 3.83. The van der Waals surface area contributed by atoms with E-state index in [1.807, 2.05) is 0 Å². The number of amides is 1. The average molecular weight is 274 g/mol. The Morgan fingerprint density at radius 1 is 1.40 bits per heavy atom. The summed E-state index contributed by atoms with van der Waals surface area (Å²) in [5.74, 6) is 1.39. The summed E-state index contributed by atoms with van der Waals surface area (Å²) in [6.07, 6.45) is 5.61. The highest BCUT2D eigenvalue weighted by atomic mass is 16.3. The van der Waals surface area contributed by atoms with Crippen LogP contribution in [0.1, 0.15) is 23.4 Å². The first kappa shape index (κ1) is 12.9. The zero-order valence-electron chi connectivity index (χ0n) is 11.2. The molecule has 0 radical (unpaired) electrons. The van der Waals surface area contributed by atoms with Crippen molar-refractivity contribution in [3.63, 3.8) is 0 Å². The van der Waals surface area contributed by atoms with Crippen molar-refractivity contribution in [2.24, 2.45) is 5.92 Å². The fraction of sp³-hybridized carbons (Fsp3) is 0.429. The summed E-state index contributed by atoms with van der Waals surface area (Å²) in [5.41, 5.74) is 0.836. The number of piperidine rings is 1. The first-order valence-electron chi connectivity index (χ1n) is 6.91. The molecule has 1 saturated heterocycles. The molecule has 3 rings (SSSR count). The lowest BCUT2D eigenvalue weighted by Crippen LogP contribution is -2.35. The fourth-order valence-electron chi connectivity index (χ4n) is 2.41. The van der Waals surface area contributed by atoms with E-state index < -0.39 is 0 Å². The van der Waals surface area contributed by atoms with Gasteiger partial charge in [0.05, 0.1) is 11.8 Å². The molecule has 3 N–H and O–H groups in total. The van der Waals surface area contributed by atoms with Crippen LogP contribution in [0.15, 0.2) is 28.9 Å². The molecule has 1 fully saturated rings. The van der Waals surface area contributed by atoms with Crippen LogP contribution in [0, 0.1) is 5.92 Å². The summed E-state index contributed by atoms with van der Waals surface area (Å²) in [7, 11) is 0. The maximum atomic E-state index is 12.0. The minimum absolute atomic E-state index is 0.154. The van der Waals surface area contributed by atoms with Gasteiger partial charge in [-0.05, 0) is 44.0 Å². The number of H-pyrrole nitrogens is 1. The van der Waals surface area contributed by atoms with Gasteiger partial charge in [-0.25, -0.2) is 0 Å². The van der Waals surface area contributed by atoms with Crippen LogP contribution in [0.5, 0.6) is 0 Å². The van der Waals surface area contributed by atoms with Crippen LogP contribution in [0.2, 0.25) is 0 Å². The third-order valence-corrected chi connectivity index (χ3v) is 3.62. The largest absolute Gasteiger partial charge is 0.451 e. The van der Waals surface area contributed by atoms with Crippen molar-refractivity contribution in [1.82, 2.24) is 20.8 Å². The quantitative estimate of drug-likeness (QED) is 0.787. The smallest absolute Gasteiger partial charge is 0.287 e. The molecule has 106 valence electrons. The molecule has 0 atom stereocenters. The molecule has 1 aliphatic heterocycles. The highest BCUT2D eigenvalue weighted by Gasteiger charge is 2.16. The number of aromatic amines is 1. The zero-order chi connectivity index (χ0) is 13.8. The molecule has 6 heteroatoms. The van der Waals surface area contributed by atoms with E-state index in [4.69, 9.17) is 4.42 Å². The summed E-state index contributed by atoms with van der Waals surface area (Å²) >= 11 is 0. The molecule has 0 bridgehead atoms. The minimum atomic E-state index is -0.154. The summed E-state index contributed by atoms with van der Waals surface area (Å²) in [6, 6.07) is 3.48. The molecule has 0 spiro atoms. The number of carbonyl (C=O) groups excluding carboxylic acids is 1. The van der Waals surface area contributed by atoms with Gasteiger partial charge in [0.2, 0.25) is 0 Å². The molecule has 0 aliphatic carbocycles. The zero-order valence-corrected chi connectivity index (χ0v) is 11.2. The number of nitrogens with one attached hydrogen (secondary N) is 3. The maximum absolute atomic E-state index is 12.0. The van der Waals surface area contributed by atoms with Crippen LogP contribution in [0.25, 0.3) is 11.3 Å². The van der Waals surface area contributed by atoms with Crippen LogP contribution in [-0.2, 0) is 0 Å². The number of carbonyl (C=O) groups is 1. The van der Waals surface area contributed by atoms with E-state index in [-0.39, 0.29) is 5.91 Å². The van der Waals surface area contributed by atoms with Crippen molar-refractivity contribution in [1.29, 1.82) is 0 Å². The van der Waals surface area contributed by atoms with Gasteiger partial charge in [0.25, 0.3) is 5.91 Å². The van der Waals surface area contributed by atoms with Crippen LogP contribution >= 0.6 is 0 Å². The minimum Gasteiger partial charge on any atom is -0.451 e. The van der Waals surface area contributed by atoms with Crippen LogP contribution in [0.4, 0.5) is 0 Å². The van der Waals surface area contributed by atoms with E-state index in [9.17, 15) is 4.79 Å². The SMILES string of the molecule is O=C(NCC1CCNCC1)c1ccc(-c2cn[nH]c2)o1. The second-order valence-corrected chi connectivity index (χ2v) is 5.05. The second kappa shape index (κ2) is 5.92. The molecule has 6 nitrogen and oxygen atoms in total. The van der Waals surface area contributed by atoms with Crippen molar-refractivity contribution in [3.05, 3.63) is 30.3 Å². The Labute approximate surface area is 116 Å². The molecule has 2 aromatic heterocycles. The predicted octanol–water partition coefficient (Wildman–Crippen LogP) is 1.40. The Morgan fingerprint density at radius 2 is 2.25 bits per heavy atom. The van der Waals surface area contributed by atoms with Gasteiger partial charge >= 0.3 is 0 Å². The Morgan fingerprint density at radius 3 is 3.00 bits per heavy atom. The molecule has 2 aromatic rings. The lowest BCUT2D eigenvalue weighted by molar-refractivity contribution is 0.0917. The van der Waals surface area contributed by atoms with Crippen molar-refractivity contribution in [2.45, 2.75) is 12.8 Å². The number of furan rings is 1. The summed E-state index contributed by atoms with van der Waals surface area (Å²) < 4.78 is 5.55. The number of aromatic nitrogens is 2. The standard InChI is InChI=1S/C14H18N4O2/c19-14(16-7-10-3-5-15-6-4-10)13-2-1-12(20-13)11-8-17-18-9-11/h1-2,8-10,15H,3-7H2,(H,16,19)(H,17,18). The van der Waals surface area contributed by atoms with Gasteiger partial charge in [-0.2, -0.15) is 5.10 Å². The van der Waals surface area contributed by atoms with Gasteiger partial charge in [-0.3, -0.25) is 9.89 Å². The molecule has 20 heavy (non-hydrogen) atoms. The molecule has 3 heterocycles. The highest BCUT2D eigenvalue weighted by molar-refractivity contribution is 5.92. The fourth-order valence-corrected chi connectivity index (χ4v) is 2.41. The second-order valence-electron chi connectivity index (χ2n) is 5.05. The summed E-state index contributed by atoms with van der Waals surface area (Å²) in [6.45, 7) is 2.78. The van der Waals surface area contributed by atoms with E-state index in [0.29, 0.717) is 24.0 Å². The van der Waals surface area contributed by atoms with E-state index in [1.54, 1.807) is 24.5 Å². The average Bonchev–Trinajstić information content (AvgIpc) is 3.16. The molecule has 0 saturated carbocycles. The predicted molar refractivity (Wildman–Crippen MR) is 74.2 cm³/mol. The molecule has 1 aliphatic rings. The van der Waals surface area contributed by atoms with Gasteiger partial charge in [0.1, 0.15) is 5.76 Å². The third kappa shape index (κ3) is 2.91. The first-order valence-corrected chi connectivity index (χ1v) is 6.91. The number of hydrogen-bond donors (Lipinski definition) is 3. The monoisotopic (exact) mass is 274 g/mol. The number of nitrogens with zero attached hydrogens (tertiary/aromatic N) is 1. The Bertz CT molecular complexity index is 556. The van der Waals surface area contributed by atoms with Gasteiger partial charge in [0, 0.05) is 12.7 Å². The Balaban J connectivity index is 1.57. The van der Waals surface area contributed by atoms with Crippen LogP contribution in [-0.4, -0.2) is 35.7 Å². The first-order chi connectivity index (χ1) is 9.83. The molecular weight excluding hydrogens is 256 g/mol. The van der Waals surface area contributed by atoms with Crippen molar-refractivity contribution in [3.8, 4) is 11.3 Å². The van der Waals surface area contributed by atoms with E-state index in [2.05, 4.69) is 20.8 Å². The van der Waals surface area contributed by atoms with Crippen molar-refractivity contribution in [2.75, 3.05) is 19.6 Å². The Hall–Kier alpha value is -2.08. The summed E-state index contributed by atoms with van der Waals surface area (Å²) in [4.78, 5) is 12.0. The molecule has 0 unspecified atom stereocenters. The van der Waals surface area contributed by atoms with Gasteiger partial charge < -0.3 is 15.1 Å². The van der Waals surface area contributed by atoms with E-state index in [0.717, 1.165) is 31.5 Å². The van der Waals surface area contributed by atoms with Crippen LogP contribution < -0.4 is 10.6 Å². The van der Waals surface area contributed by atoms with Crippen molar-refractivity contribution >= 4 is 5.91 Å². The van der Waals surface area contributed by atoms with Crippen molar-refractivity contribution < 1.29 is 9.21 Å². The van der Waals surface area contributed by atoms with Gasteiger partial charge in [-0.1, -0.05) is 0 Å². The van der Waals surface area contributed by atoms with E-state index in [1.165, 1.54) is 0 Å². The highest BCUT2D eigenvalue weighted by Crippen LogP contribution is 2.20. The lowest BCUT2D eigenvalue weighted by atomic mass is 9.98. The van der Waals surface area contributed by atoms with Crippen LogP contribution in [0.3, 0.4) is 0 Å². The van der Waals surface area contributed by atoms with Gasteiger partial charge in [-0.15, -0.1) is 0 Å². The maximum Gasteiger partial charge on any atom is 0.287 e. The van der Waals surface area contributed by atoms with E-state index >= 15 is 0 Å². The lowest BCUT2D eigenvalue weighted by Gasteiger charge is -2.22.